The molecule has 0 spiro atoms. The van der Waals surface area contributed by atoms with E-state index >= 15 is 0 Å². The molecule has 2 rings (SSSR count). The van der Waals surface area contributed by atoms with Crippen molar-refractivity contribution in [2.45, 2.75) is 27.2 Å². The van der Waals surface area contributed by atoms with E-state index < -0.39 is 0 Å². The Morgan fingerprint density at radius 3 is 2.62 bits per heavy atom. The first-order valence-electron chi connectivity index (χ1n) is 7.37. The summed E-state index contributed by atoms with van der Waals surface area (Å²) in [4.78, 5) is 10.8. The van der Waals surface area contributed by atoms with Gasteiger partial charge < -0.3 is 16.0 Å². The second-order valence-electron chi connectivity index (χ2n) is 4.93. The Morgan fingerprint density at radius 1 is 1.19 bits per heavy atom. The number of nitrogens with zero attached hydrogens (tertiary/aromatic N) is 3. The minimum absolute atomic E-state index is 0.290. The average Bonchev–Trinajstić information content (AvgIpc) is 2.47. The molecule has 0 radical (unpaired) electrons. The lowest BCUT2D eigenvalue weighted by atomic mass is 10.2. The topological polar surface area (TPSA) is 67.1 Å². The first-order chi connectivity index (χ1) is 10.2. The van der Waals surface area contributed by atoms with E-state index in [1.54, 1.807) is 0 Å². The molecule has 0 aliphatic heterocycles. The molecule has 0 atom stereocenters. The SMILES string of the molecule is CCCNc1cc(N(CC)c2ccccc2C)nc(N)n1. The minimum Gasteiger partial charge on any atom is -0.370 e. The summed E-state index contributed by atoms with van der Waals surface area (Å²) in [5.74, 6) is 1.88. The van der Waals surface area contributed by atoms with Gasteiger partial charge in [0, 0.05) is 24.8 Å². The Kier molecular flexibility index (Phi) is 4.98. The van der Waals surface area contributed by atoms with Crippen LogP contribution in [0.5, 0.6) is 0 Å². The molecule has 0 saturated heterocycles. The summed E-state index contributed by atoms with van der Waals surface area (Å²) >= 11 is 0. The quantitative estimate of drug-likeness (QED) is 0.852. The molecule has 3 N–H and O–H groups in total. The van der Waals surface area contributed by atoms with Gasteiger partial charge in [-0.25, -0.2) is 0 Å². The number of benzene rings is 1. The standard InChI is InChI=1S/C16H23N5/c1-4-10-18-14-11-15(20-16(17)19-14)21(5-2)13-9-7-6-8-12(13)3/h6-9,11H,4-5,10H2,1-3H3,(H3,17,18,19,20). The molecule has 5 heteroatoms. The maximum absolute atomic E-state index is 5.85. The predicted octanol–water partition coefficient (Wildman–Crippen LogP) is 3.35. The lowest BCUT2D eigenvalue weighted by Gasteiger charge is -2.24. The lowest BCUT2D eigenvalue weighted by Crippen LogP contribution is -2.19. The molecule has 0 bridgehead atoms. The van der Waals surface area contributed by atoms with E-state index in [0.29, 0.717) is 0 Å². The average molecular weight is 285 g/mol. The highest BCUT2D eigenvalue weighted by Gasteiger charge is 2.13. The van der Waals surface area contributed by atoms with Crippen LogP contribution in [0, 0.1) is 6.92 Å². The van der Waals surface area contributed by atoms with Crippen molar-refractivity contribution in [3.05, 3.63) is 35.9 Å². The minimum atomic E-state index is 0.290. The Labute approximate surface area is 126 Å². The number of aryl methyl sites for hydroxylation is 1. The van der Waals surface area contributed by atoms with Crippen LogP contribution in [0.15, 0.2) is 30.3 Å². The summed E-state index contributed by atoms with van der Waals surface area (Å²) in [7, 11) is 0. The van der Waals surface area contributed by atoms with Gasteiger partial charge >= 0.3 is 0 Å². The molecule has 0 aliphatic carbocycles. The number of nitrogens with two attached hydrogens (primary N) is 1. The number of rotatable bonds is 6. The van der Waals surface area contributed by atoms with Gasteiger partial charge in [-0.3, -0.25) is 0 Å². The van der Waals surface area contributed by atoms with E-state index in [9.17, 15) is 0 Å². The van der Waals surface area contributed by atoms with E-state index in [1.165, 1.54) is 5.56 Å². The molecule has 0 amide bonds. The summed E-state index contributed by atoms with van der Waals surface area (Å²) in [6.45, 7) is 7.99. The van der Waals surface area contributed by atoms with Crippen molar-refractivity contribution in [3.63, 3.8) is 0 Å². The fourth-order valence-electron chi connectivity index (χ4n) is 2.26. The van der Waals surface area contributed by atoms with Crippen LogP contribution in [0.1, 0.15) is 25.8 Å². The van der Waals surface area contributed by atoms with Gasteiger partial charge in [0.25, 0.3) is 0 Å². The molecule has 5 nitrogen and oxygen atoms in total. The van der Waals surface area contributed by atoms with Crippen LogP contribution in [0.4, 0.5) is 23.3 Å². The van der Waals surface area contributed by atoms with E-state index in [0.717, 1.165) is 36.8 Å². The Hall–Kier alpha value is -2.30. The van der Waals surface area contributed by atoms with Crippen LogP contribution in [0.3, 0.4) is 0 Å². The third-order valence-electron chi connectivity index (χ3n) is 3.29. The number of hydrogen-bond acceptors (Lipinski definition) is 5. The first-order valence-corrected chi connectivity index (χ1v) is 7.37. The van der Waals surface area contributed by atoms with Crippen LogP contribution in [0.2, 0.25) is 0 Å². The number of nitrogens with one attached hydrogen (secondary N) is 1. The van der Waals surface area contributed by atoms with Crippen molar-refractivity contribution in [2.75, 3.05) is 29.0 Å². The van der Waals surface area contributed by atoms with Crippen molar-refractivity contribution in [1.29, 1.82) is 0 Å². The van der Waals surface area contributed by atoms with Gasteiger partial charge in [-0.2, -0.15) is 9.97 Å². The van der Waals surface area contributed by atoms with Crippen LogP contribution < -0.4 is 16.0 Å². The van der Waals surface area contributed by atoms with Crippen molar-refractivity contribution >= 4 is 23.3 Å². The van der Waals surface area contributed by atoms with E-state index in [-0.39, 0.29) is 5.95 Å². The van der Waals surface area contributed by atoms with Gasteiger partial charge in [0.05, 0.1) is 0 Å². The predicted molar refractivity (Wildman–Crippen MR) is 89.1 cm³/mol. The van der Waals surface area contributed by atoms with Gasteiger partial charge in [-0.15, -0.1) is 0 Å². The molecule has 21 heavy (non-hydrogen) atoms. The molecule has 0 unspecified atom stereocenters. The van der Waals surface area contributed by atoms with Gasteiger partial charge in [0.2, 0.25) is 5.95 Å². The smallest absolute Gasteiger partial charge is 0.223 e. The van der Waals surface area contributed by atoms with E-state index in [1.807, 2.05) is 18.2 Å². The van der Waals surface area contributed by atoms with Crippen molar-refractivity contribution < 1.29 is 0 Å². The molecule has 1 heterocycles. The number of nitrogen functional groups attached to an aromatic ring is 1. The van der Waals surface area contributed by atoms with Crippen molar-refractivity contribution in [1.82, 2.24) is 9.97 Å². The lowest BCUT2D eigenvalue weighted by molar-refractivity contribution is 0.951. The highest BCUT2D eigenvalue weighted by molar-refractivity contribution is 5.66. The summed E-state index contributed by atoms with van der Waals surface area (Å²) < 4.78 is 0. The van der Waals surface area contributed by atoms with Crippen LogP contribution >= 0.6 is 0 Å². The zero-order valence-corrected chi connectivity index (χ0v) is 12.9. The van der Waals surface area contributed by atoms with Gasteiger partial charge in [0.1, 0.15) is 11.6 Å². The number of aromatic nitrogens is 2. The summed E-state index contributed by atoms with van der Waals surface area (Å²) in [6, 6.07) is 10.2. The molecule has 112 valence electrons. The summed E-state index contributed by atoms with van der Waals surface area (Å²) in [5, 5.41) is 3.26. The molecule has 2 aromatic rings. The van der Waals surface area contributed by atoms with Gasteiger partial charge in [-0.05, 0) is 31.9 Å². The molecular formula is C16H23N5. The molecule has 0 saturated carbocycles. The third-order valence-corrected chi connectivity index (χ3v) is 3.29. The van der Waals surface area contributed by atoms with Crippen LogP contribution in [-0.4, -0.2) is 23.1 Å². The summed E-state index contributed by atoms with van der Waals surface area (Å²) in [6.07, 6.45) is 1.04. The van der Waals surface area contributed by atoms with Crippen LogP contribution in [0.25, 0.3) is 0 Å². The number of anilines is 4. The normalized spacial score (nSPS) is 10.4. The van der Waals surface area contributed by atoms with Crippen molar-refractivity contribution in [2.24, 2.45) is 0 Å². The third kappa shape index (κ3) is 3.62. The fourth-order valence-corrected chi connectivity index (χ4v) is 2.26. The van der Waals surface area contributed by atoms with Crippen LogP contribution in [-0.2, 0) is 0 Å². The Morgan fingerprint density at radius 2 is 1.95 bits per heavy atom. The number of hydrogen-bond donors (Lipinski definition) is 2. The molecule has 1 aromatic carbocycles. The highest BCUT2D eigenvalue weighted by Crippen LogP contribution is 2.28. The van der Waals surface area contributed by atoms with Gasteiger partial charge in [0.15, 0.2) is 0 Å². The molecule has 0 aliphatic rings. The van der Waals surface area contributed by atoms with E-state index in [2.05, 4.69) is 53.1 Å². The van der Waals surface area contributed by atoms with E-state index in [4.69, 9.17) is 5.73 Å². The maximum atomic E-state index is 5.85. The monoisotopic (exact) mass is 285 g/mol. The fraction of sp³-hybridized carbons (Fsp3) is 0.375. The summed E-state index contributed by atoms with van der Waals surface area (Å²) in [5.41, 5.74) is 8.20. The molecule has 1 aromatic heterocycles. The van der Waals surface area contributed by atoms with Crippen molar-refractivity contribution in [3.8, 4) is 0 Å². The molecular weight excluding hydrogens is 262 g/mol. The Balaban J connectivity index is 2.38. The largest absolute Gasteiger partial charge is 0.370 e. The highest BCUT2D eigenvalue weighted by atomic mass is 15.2. The maximum Gasteiger partial charge on any atom is 0.223 e. The second-order valence-corrected chi connectivity index (χ2v) is 4.93. The first kappa shape index (κ1) is 15.1. The zero-order chi connectivity index (χ0) is 15.2. The Bertz CT molecular complexity index is 597. The second kappa shape index (κ2) is 6.92. The zero-order valence-electron chi connectivity index (χ0n) is 12.9. The number of para-hydroxylation sites is 1. The van der Waals surface area contributed by atoms with Gasteiger partial charge in [-0.1, -0.05) is 25.1 Å². The molecule has 0 fully saturated rings.